The summed E-state index contributed by atoms with van der Waals surface area (Å²) >= 11 is 0. The predicted molar refractivity (Wildman–Crippen MR) is 42.3 cm³/mol. The van der Waals surface area contributed by atoms with Crippen molar-refractivity contribution in [2.24, 2.45) is 5.73 Å². The lowest BCUT2D eigenvalue weighted by Crippen LogP contribution is -3.00. The highest BCUT2D eigenvalue weighted by atomic mass is 79.9. The lowest BCUT2D eigenvalue weighted by molar-refractivity contribution is -0.915. The van der Waals surface area contributed by atoms with E-state index in [9.17, 15) is 0 Å². The Labute approximate surface area is 79.5 Å². The fraction of sp³-hybridized carbons (Fsp3) is 1.00. The number of nitrogens with two attached hydrogens (primary N) is 1. The van der Waals surface area contributed by atoms with Crippen LogP contribution in [0.2, 0.25) is 0 Å². The zero-order chi connectivity index (χ0) is 8.20. The van der Waals surface area contributed by atoms with Gasteiger partial charge in [-0.25, -0.2) is 0 Å². The second-order valence-electron chi connectivity index (χ2n) is 3.20. The Bertz CT molecular complexity index is 98.4. The molecular formula is C7H19BrN2O. The summed E-state index contributed by atoms with van der Waals surface area (Å²) in [5, 5.41) is 8.68. The maximum absolute atomic E-state index is 8.68. The number of halogens is 1. The summed E-state index contributed by atoms with van der Waals surface area (Å²) in [6, 6.07) is 0. The van der Waals surface area contributed by atoms with E-state index in [1.807, 2.05) is 14.1 Å². The van der Waals surface area contributed by atoms with Crippen molar-refractivity contribution < 1.29 is 26.6 Å². The number of aliphatic hydroxyl groups excluding tert-OH is 1. The van der Waals surface area contributed by atoms with Crippen LogP contribution in [0.4, 0.5) is 0 Å². The molecule has 0 spiro atoms. The minimum Gasteiger partial charge on any atom is -1.00 e. The van der Waals surface area contributed by atoms with Crippen molar-refractivity contribution in [2.75, 3.05) is 27.2 Å². The lowest BCUT2D eigenvalue weighted by Gasteiger charge is -2.34. The highest BCUT2D eigenvalue weighted by Gasteiger charge is 2.21. The Morgan fingerprint density at radius 3 is 2.18 bits per heavy atom. The first-order valence-electron chi connectivity index (χ1n) is 3.73. The van der Waals surface area contributed by atoms with Gasteiger partial charge in [0, 0.05) is 6.42 Å². The minimum atomic E-state index is 0. The van der Waals surface area contributed by atoms with Crippen LogP contribution in [0.3, 0.4) is 0 Å². The van der Waals surface area contributed by atoms with Crippen molar-refractivity contribution in [3.05, 3.63) is 0 Å². The molecule has 1 atom stereocenters. The number of nitrogens with zero attached hydrogens (tertiary/aromatic N) is 1. The predicted octanol–water partition coefficient (Wildman–Crippen LogP) is -3.25. The van der Waals surface area contributed by atoms with E-state index < -0.39 is 0 Å². The van der Waals surface area contributed by atoms with Crippen LogP contribution in [0.25, 0.3) is 0 Å². The van der Waals surface area contributed by atoms with Crippen LogP contribution in [-0.4, -0.2) is 43.0 Å². The van der Waals surface area contributed by atoms with Gasteiger partial charge < -0.3 is 26.6 Å². The van der Waals surface area contributed by atoms with Crippen LogP contribution in [0.15, 0.2) is 0 Å². The molecule has 11 heavy (non-hydrogen) atoms. The first-order valence-corrected chi connectivity index (χ1v) is 3.73. The molecule has 3 N–H and O–H groups in total. The van der Waals surface area contributed by atoms with Crippen molar-refractivity contribution in [1.82, 2.24) is 0 Å². The Kier molecular flexibility index (Phi) is 7.52. The Morgan fingerprint density at radius 1 is 1.45 bits per heavy atom. The van der Waals surface area contributed by atoms with Gasteiger partial charge in [0.25, 0.3) is 0 Å². The Morgan fingerprint density at radius 2 is 1.91 bits per heavy atom. The van der Waals surface area contributed by atoms with Gasteiger partial charge in [-0.15, -0.1) is 0 Å². The highest BCUT2D eigenvalue weighted by molar-refractivity contribution is 4.43. The molecular weight excluding hydrogens is 208 g/mol. The average molecular weight is 227 g/mol. The van der Waals surface area contributed by atoms with Gasteiger partial charge in [-0.1, -0.05) is 6.92 Å². The zero-order valence-electron chi connectivity index (χ0n) is 7.55. The third-order valence-corrected chi connectivity index (χ3v) is 1.99. The summed E-state index contributed by atoms with van der Waals surface area (Å²) < 4.78 is 0.701. The van der Waals surface area contributed by atoms with E-state index in [2.05, 4.69) is 6.92 Å². The molecule has 0 aromatic rings. The molecule has 0 amide bonds. The van der Waals surface area contributed by atoms with Gasteiger partial charge in [-0.05, 0) is 0 Å². The van der Waals surface area contributed by atoms with Gasteiger partial charge in [0.1, 0.15) is 12.7 Å². The molecule has 0 saturated heterocycles. The molecule has 0 saturated carbocycles. The van der Waals surface area contributed by atoms with Crippen molar-refractivity contribution in [1.29, 1.82) is 0 Å². The SMILES string of the molecule is CCC(N)[N+](C)(C)CCO.[Br-]. The number of likely N-dealkylation sites (N-methyl/N-ethyl adjacent to an activating group) is 1. The van der Waals surface area contributed by atoms with Crippen molar-refractivity contribution in [3.8, 4) is 0 Å². The van der Waals surface area contributed by atoms with E-state index >= 15 is 0 Å². The maximum atomic E-state index is 8.68. The molecule has 0 radical (unpaired) electrons. The molecule has 0 bridgehead atoms. The first-order chi connectivity index (χ1) is 4.54. The maximum Gasteiger partial charge on any atom is 0.139 e. The largest absolute Gasteiger partial charge is 1.00 e. The summed E-state index contributed by atoms with van der Waals surface area (Å²) in [5.41, 5.74) is 5.80. The minimum absolute atomic E-state index is 0. The molecule has 3 nitrogen and oxygen atoms in total. The van der Waals surface area contributed by atoms with E-state index in [4.69, 9.17) is 10.8 Å². The fourth-order valence-corrected chi connectivity index (χ4v) is 0.918. The number of hydrogen-bond acceptors (Lipinski definition) is 2. The van der Waals surface area contributed by atoms with Crippen LogP contribution < -0.4 is 22.7 Å². The number of rotatable bonds is 4. The van der Waals surface area contributed by atoms with Crippen LogP contribution in [0, 0.1) is 0 Å². The van der Waals surface area contributed by atoms with Gasteiger partial charge in [-0.3, -0.25) is 5.73 Å². The molecule has 0 fully saturated rings. The van der Waals surface area contributed by atoms with Gasteiger partial charge in [0.05, 0.1) is 20.7 Å². The Hall–Kier alpha value is 0.360. The fourth-order valence-electron chi connectivity index (χ4n) is 0.918. The molecule has 1 unspecified atom stereocenters. The Balaban J connectivity index is 0. The number of aliphatic hydroxyl groups is 1. The van der Waals surface area contributed by atoms with Crippen molar-refractivity contribution in [2.45, 2.75) is 19.5 Å². The van der Waals surface area contributed by atoms with E-state index in [-0.39, 0.29) is 29.8 Å². The number of hydrogen-bond donors (Lipinski definition) is 2. The lowest BCUT2D eigenvalue weighted by atomic mass is 10.3. The second kappa shape index (κ2) is 5.94. The molecule has 0 aliphatic heterocycles. The average Bonchev–Trinajstić information content (AvgIpc) is 1.86. The molecule has 0 heterocycles. The summed E-state index contributed by atoms with van der Waals surface area (Å²) in [5.74, 6) is 0. The molecule has 4 heteroatoms. The number of quaternary nitrogens is 1. The van der Waals surface area contributed by atoms with Gasteiger partial charge in [0.2, 0.25) is 0 Å². The van der Waals surface area contributed by atoms with Crippen LogP contribution in [0.5, 0.6) is 0 Å². The van der Waals surface area contributed by atoms with E-state index in [1.54, 1.807) is 0 Å². The molecule has 0 aliphatic carbocycles. The van der Waals surface area contributed by atoms with E-state index in [0.717, 1.165) is 13.0 Å². The summed E-state index contributed by atoms with van der Waals surface area (Å²) in [6.45, 7) is 3.00. The van der Waals surface area contributed by atoms with E-state index in [0.29, 0.717) is 4.48 Å². The van der Waals surface area contributed by atoms with E-state index in [1.165, 1.54) is 0 Å². The summed E-state index contributed by atoms with van der Waals surface area (Å²) in [7, 11) is 4.06. The second-order valence-corrected chi connectivity index (χ2v) is 3.20. The smallest absolute Gasteiger partial charge is 0.139 e. The van der Waals surface area contributed by atoms with Gasteiger partial charge in [0.15, 0.2) is 0 Å². The normalized spacial score (nSPS) is 13.9. The third-order valence-electron chi connectivity index (χ3n) is 1.99. The quantitative estimate of drug-likeness (QED) is 0.391. The van der Waals surface area contributed by atoms with Crippen LogP contribution in [0.1, 0.15) is 13.3 Å². The van der Waals surface area contributed by atoms with Crippen LogP contribution >= 0.6 is 0 Å². The van der Waals surface area contributed by atoms with Gasteiger partial charge in [-0.2, -0.15) is 0 Å². The molecule has 0 aromatic heterocycles. The standard InChI is InChI=1S/C7H19N2O.BrH/c1-4-7(8)9(2,3)5-6-10;/h7,10H,4-6,8H2,1-3H3;1H/q+1;/p-1. The van der Waals surface area contributed by atoms with Gasteiger partial charge >= 0.3 is 0 Å². The molecule has 0 rings (SSSR count). The van der Waals surface area contributed by atoms with Crippen molar-refractivity contribution in [3.63, 3.8) is 0 Å². The first kappa shape index (κ1) is 13.9. The highest BCUT2D eigenvalue weighted by Crippen LogP contribution is 2.03. The topological polar surface area (TPSA) is 46.2 Å². The molecule has 0 aliphatic rings. The summed E-state index contributed by atoms with van der Waals surface area (Å²) in [6.07, 6.45) is 1.10. The third kappa shape index (κ3) is 4.74. The summed E-state index contributed by atoms with van der Waals surface area (Å²) in [4.78, 5) is 0. The van der Waals surface area contributed by atoms with Crippen LogP contribution in [-0.2, 0) is 0 Å². The monoisotopic (exact) mass is 226 g/mol. The zero-order valence-corrected chi connectivity index (χ0v) is 9.13. The molecule has 70 valence electrons. The van der Waals surface area contributed by atoms with Crippen molar-refractivity contribution >= 4 is 0 Å². The molecule has 0 aromatic carbocycles.